The molecule has 8 heteroatoms. The van der Waals surface area contributed by atoms with E-state index in [4.69, 9.17) is 20.4 Å². The Bertz CT molecular complexity index is 337. The van der Waals surface area contributed by atoms with Gasteiger partial charge in [-0.25, -0.2) is 4.98 Å². The van der Waals surface area contributed by atoms with Crippen molar-refractivity contribution in [2.45, 2.75) is 0 Å². The average Bonchev–Trinajstić information content (AvgIpc) is 2.47. The van der Waals surface area contributed by atoms with E-state index in [9.17, 15) is 0 Å². The van der Waals surface area contributed by atoms with Crippen LogP contribution in [0.3, 0.4) is 0 Å². The Kier molecular flexibility index (Phi) is 7.81. The van der Waals surface area contributed by atoms with Gasteiger partial charge in [0.15, 0.2) is 0 Å². The van der Waals surface area contributed by atoms with Crippen molar-refractivity contribution in [3.8, 4) is 0 Å². The Morgan fingerprint density at radius 2 is 1.30 bits per heavy atom. The summed E-state index contributed by atoms with van der Waals surface area (Å²) in [5.41, 5.74) is 0. The van der Waals surface area contributed by atoms with Crippen LogP contribution >= 0.6 is 0 Å². The second kappa shape index (κ2) is 9.43. The van der Waals surface area contributed by atoms with Crippen LogP contribution in [-0.2, 0) is 0 Å². The number of nitrogens with zero attached hydrogens (tertiary/aromatic N) is 4. The lowest BCUT2D eigenvalue weighted by molar-refractivity contribution is 0.279. The van der Waals surface area contributed by atoms with Gasteiger partial charge in [-0.2, -0.15) is 4.98 Å². The van der Waals surface area contributed by atoms with E-state index >= 15 is 0 Å². The Morgan fingerprint density at radius 1 is 0.800 bits per heavy atom. The lowest BCUT2D eigenvalue weighted by Gasteiger charge is -2.25. The van der Waals surface area contributed by atoms with E-state index in [-0.39, 0.29) is 26.4 Å². The highest BCUT2D eigenvalue weighted by atomic mass is 16.3. The highest BCUT2D eigenvalue weighted by Gasteiger charge is 2.12. The van der Waals surface area contributed by atoms with Crippen LogP contribution in [0.2, 0.25) is 0 Å². The molecule has 20 heavy (non-hydrogen) atoms. The van der Waals surface area contributed by atoms with Gasteiger partial charge in [0.2, 0.25) is 5.95 Å². The van der Waals surface area contributed by atoms with Gasteiger partial charge in [-0.3, -0.25) is 0 Å². The molecule has 0 amide bonds. The quantitative estimate of drug-likeness (QED) is 0.393. The minimum Gasteiger partial charge on any atom is -0.395 e. The third-order valence-electron chi connectivity index (χ3n) is 2.71. The van der Waals surface area contributed by atoms with Crippen LogP contribution in [0, 0.1) is 0 Å². The van der Waals surface area contributed by atoms with Gasteiger partial charge in [-0.15, -0.1) is 0 Å². The number of hydrogen-bond donors (Lipinski definition) is 4. The van der Waals surface area contributed by atoms with Crippen molar-refractivity contribution in [3.05, 3.63) is 12.3 Å². The fourth-order valence-corrected chi connectivity index (χ4v) is 1.80. The molecule has 1 aromatic rings. The summed E-state index contributed by atoms with van der Waals surface area (Å²) in [6, 6.07) is 1.69. The van der Waals surface area contributed by atoms with Gasteiger partial charge >= 0.3 is 0 Å². The van der Waals surface area contributed by atoms with Crippen molar-refractivity contribution in [2.75, 3.05) is 62.4 Å². The summed E-state index contributed by atoms with van der Waals surface area (Å²) >= 11 is 0. The lowest BCUT2D eigenvalue weighted by Crippen LogP contribution is -2.33. The number of hydrogen-bond acceptors (Lipinski definition) is 8. The predicted molar refractivity (Wildman–Crippen MR) is 74.8 cm³/mol. The third kappa shape index (κ3) is 4.89. The molecule has 0 spiro atoms. The molecule has 0 aliphatic rings. The van der Waals surface area contributed by atoms with Crippen LogP contribution in [0.25, 0.3) is 0 Å². The van der Waals surface area contributed by atoms with Gasteiger partial charge in [-0.05, 0) is 6.07 Å². The zero-order valence-electron chi connectivity index (χ0n) is 11.4. The van der Waals surface area contributed by atoms with Crippen LogP contribution in [0.15, 0.2) is 12.3 Å². The Labute approximate surface area is 117 Å². The number of rotatable bonds is 10. The minimum absolute atomic E-state index is 0.0453. The summed E-state index contributed by atoms with van der Waals surface area (Å²) in [5, 5.41) is 36.1. The number of aliphatic hydroxyl groups is 4. The molecule has 1 heterocycles. The average molecular weight is 286 g/mol. The molecule has 0 saturated heterocycles. The molecule has 1 aromatic heterocycles. The maximum atomic E-state index is 9.03. The molecule has 0 radical (unpaired) electrons. The summed E-state index contributed by atoms with van der Waals surface area (Å²) in [4.78, 5) is 11.9. The summed E-state index contributed by atoms with van der Waals surface area (Å²) in [6.07, 6.45) is 1.57. The van der Waals surface area contributed by atoms with E-state index < -0.39 is 0 Å². The topological polar surface area (TPSA) is 113 Å². The molecule has 0 bridgehead atoms. The van der Waals surface area contributed by atoms with E-state index in [1.807, 2.05) is 0 Å². The van der Waals surface area contributed by atoms with Crippen LogP contribution in [-0.4, -0.2) is 83.0 Å². The molecular formula is C12H22N4O4. The van der Waals surface area contributed by atoms with Crippen molar-refractivity contribution in [1.82, 2.24) is 9.97 Å². The second-order valence-electron chi connectivity index (χ2n) is 4.08. The minimum atomic E-state index is -0.0649. The summed E-state index contributed by atoms with van der Waals surface area (Å²) in [5.74, 6) is 0.977. The molecule has 0 fully saturated rings. The van der Waals surface area contributed by atoms with Crippen molar-refractivity contribution in [2.24, 2.45) is 0 Å². The Balaban J connectivity index is 2.90. The normalized spacial score (nSPS) is 10.6. The van der Waals surface area contributed by atoms with E-state index in [1.165, 1.54) is 0 Å². The van der Waals surface area contributed by atoms with Crippen molar-refractivity contribution >= 4 is 11.8 Å². The Hall–Kier alpha value is -1.48. The summed E-state index contributed by atoms with van der Waals surface area (Å²) in [6.45, 7) is 1.14. The molecule has 0 aliphatic carbocycles. The third-order valence-corrected chi connectivity index (χ3v) is 2.71. The fraction of sp³-hybridized carbons (Fsp3) is 0.667. The summed E-state index contributed by atoms with van der Waals surface area (Å²) < 4.78 is 0. The number of anilines is 2. The van der Waals surface area contributed by atoms with Crippen molar-refractivity contribution < 1.29 is 20.4 Å². The Morgan fingerprint density at radius 3 is 1.80 bits per heavy atom. The monoisotopic (exact) mass is 286 g/mol. The first-order valence-electron chi connectivity index (χ1n) is 6.53. The van der Waals surface area contributed by atoms with Crippen molar-refractivity contribution in [3.63, 3.8) is 0 Å². The van der Waals surface area contributed by atoms with E-state index in [1.54, 1.807) is 22.1 Å². The molecule has 0 aliphatic heterocycles. The first kappa shape index (κ1) is 16.6. The highest BCUT2D eigenvalue weighted by Crippen LogP contribution is 2.14. The second-order valence-corrected chi connectivity index (χ2v) is 4.08. The summed E-state index contributed by atoms with van der Waals surface area (Å²) in [7, 11) is 0. The van der Waals surface area contributed by atoms with Gasteiger partial charge in [0.1, 0.15) is 5.82 Å². The molecular weight excluding hydrogens is 264 g/mol. The van der Waals surface area contributed by atoms with Gasteiger partial charge < -0.3 is 30.2 Å². The van der Waals surface area contributed by atoms with E-state index in [0.29, 0.717) is 37.9 Å². The van der Waals surface area contributed by atoms with Crippen molar-refractivity contribution in [1.29, 1.82) is 0 Å². The predicted octanol–water partition coefficient (Wildman–Crippen LogP) is -1.94. The highest BCUT2D eigenvalue weighted by molar-refractivity contribution is 5.43. The zero-order valence-corrected chi connectivity index (χ0v) is 11.4. The maximum Gasteiger partial charge on any atom is 0.227 e. The molecule has 114 valence electrons. The SMILES string of the molecule is OCCN(CCO)c1ccnc(N(CCO)CCO)n1. The molecule has 4 N–H and O–H groups in total. The smallest absolute Gasteiger partial charge is 0.227 e. The van der Waals surface area contributed by atoms with Crippen LogP contribution in [0.4, 0.5) is 11.8 Å². The van der Waals surface area contributed by atoms with Gasteiger partial charge in [0.05, 0.1) is 26.4 Å². The van der Waals surface area contributed by atoms with Gasteiger partial charge in [0.25, 0.3) is 0 Å². The number of aromatic nitrogens is 2. The van der Waals surface area contributed by atoms with Crippen LogP contribution < -0.4 is 9.80 Å². The largest absolute Gasteiger partial charge is 0.395 e. The van der Waals surface area contributed by atoms with Gasteiger partial charge in [0, 0.05) is 32.4 Å². The molecule has 0 aromatic carbocycles. The van der Waals surface area contributed by atoms with E-state index in [2.05, 4.69) is 9.97 Å². The first-order valence-corrected chi connectivity index (χ1v) is 6.53. The molecule has 0 saturated carbocycles. The number of aliphatic hydroxyl groups excluding tert-OH is 4. The molecule has 8 nitrogen and oxygen atoms in total. The standard InChI is InChI=1S/C12H22N4O4/c17-7-3-15(4-8-18)11-1-2-13-12(14-11)16(5-9-19)6-10-20/h1-2,17-20H,3-10H2. The molecule has 1 rings (SSSR count). The molecule has 0 unspecified atom stereocenters. The fourth-order valence-electron chi connectivity index (χ4n) is 1.80. The van der Waals surface area contributed by atoms with Crippen LogP contribution in [0.5, 0.6) is 0 Å². The lowest BCUT2D eigenvalue weighted by atomic mass is 10.4. The van der Waals surface area contributed by atoms with E-state index in [0.717, 1.165) is 0 Å². The van der Waals surface area contributed by atoms with Gasteiger partial charge in [-0.1, -0.05) is 0 Å². The first-order chi connectivity index (χ1) is 9.76. The zero-order chi connectivity index (χ0) is 14.8. The van der Waals surface area contributed by atoms with Crippen LogP contribution in [0.1, 0.15) is 0 Å². The molecule has 0 atom stereocenters. The maximum absolute atomic E-state index is 9.03.